The smallest absolute Gasteiger partial charge is 0.335 e. The highest BCUT2D eigenvalue weighted by Crippen LogP contribution is 2.29. The molecule has 0 spiro atoms. The summed E-state index contributed by atoms with van der Waals surface area (Å²) in [6, 6.07) is 4.19. The number of likely N-dealkylation sites (tertiary alicyclic amines) is 1. The Morgan fingerprint density at radius 3 is 2.50 bits per heavy atom. The minimum atomic E-state index is -4.41. The molecule has 6 heteroatoms. The number of carbonyl (C=O) groups excluding carboxylic acids is 1. The Balaban J connectivity index is 2.10. The van der Waals surface area contributed by atoms with Crippen molar-refractivity contribution in [1.82, 2.24) is 4.90 Å². The van der Waals surface area contributed by atoms with E-state index in [0.717, 1.165) is 18.2 Å². The van der Waals surface area contributed by atoms with Gasteiger partial charge in [-0.1, -0.05) is 18.4 Å². The molecule has 1 heterocycles. The molecule has 116 valence electrons. The van der Waals surface area contributed by atoms with Gasteiger partial charge < -0.3 is 4.90 Å². The molecule has 1 saturated heterocycles. The number of benzene rings is 1. The molecule has 1 unspecified atom stereocenters. The Morgan fingerprint density at radius 2 is 1.95 bits per heavy atom. The summed E-state index contributed by atoms with van der Waals surface area (Å²) in [5.41, 5.74) is -2.34. The van der Waals surface area contributed by atoms with Gasteiger partial charge in [0.15, 0.2) is 5.67 Å². The standard InChI is InChI=1S/C16H13F4NO/c1-2-14(22)21-10-9-15(17,11-21)8-7-12-3-5-13(6-4-12)16(18,19)20/h2-6H,1,9-11H2. The van der Waals surface area contributed by atoms with E-state index in [1.54, 1.807) is 0 Å². The van der Waals surface area contributed by atoms with Crippen LogP contribution in [0.4, 0.5) is 17.6 Å². The lowest BCUT2D eigenvalue weighted by Crippen LogP contribution is -2.31. The number of nitrogens with zero attached hydrogens (tertiary/aromatic N) is 1. The summed E-state index contributed by atoms with van der Waals surface area (Å²) in [4.78, 5) is 12.7. The van der Waals surface area contributed by atoms with Gasteiger partial charge in [-0.2, -0.15) is 13.2 Å². The van der Waals surface area contributed by atoms with Crippen molar-refractivity contribution in [2.24, 2.45) is 0 Å². The molecule has 0 radical (unpaired) electrons. The predicted octanol–water partition coefficient (Wildman–Crippen LogP) is 3.18. The van der Waals surface area contributed by atoms with Crippen LogP contribution in [-0.4, -0.2) is 29.6 Å². The molecule has 1 aromatic rings. The zero-order chi connectivity index (χ0) is 16.4. The lowest BCUT2D eigenvalue weighted by molar-refractivity contribution is -0.137. The van der Waals surface area contributed by atoms with Gasteiger partial charge in [0.1, 0.15) is 0 Å². The number of carbonyl (C=O) groups is 1. The third kappa shape index (κ3) is 3.67. The third-order valence-electron chi connectivity index (χ3n) is 3.35. The minimum Gasteiger partial charge on any atom is -0.335 e. The first-order valence-corrected chi connectivity index (χ1v) is 6.54. The molecule has 1 aliphatic heterocycles. The lowest BCUT2D eigenvalue weighted by Gasteiger charge is -2.14. The lowest BCUT2D eigenvalue weighted by atomic mass is 10.1. The highest BCUT2D eigenvalue weighted by atomic mass is 19.4. The van der Waals surface area contributed by atoms with Crippen LogP contribution in [0.3, 0.4) is 0 Å². The number of halogens is 4. The molecular weight excluding hydrogens is 298 g/mol. The molecule has 1 amide bonds. The molecule has 0 saturated carbocycles. The van der Waals surface area contributed by atoms with E-state index in [0.29, 0.717) is 5.56 Å². The van der Waals surface area contributed by atoms with E-state index in [-0.39, 0.29) is 25.4 Å². The van der Waals surface area contributed by atoms with E-state index in [1.807, 2.05) is 0 Å². The minimum absolute atomic E-state index is 0.0697. The summed E-state index contributed by atoms with van der Waals surface area (Å²) in [6.45, 7) is 3.41. The van der Waals surface area contributed by atoms with E-state index in [9.17, 15) is 22.4 Å². The summed E-state index contributed by atoms with van der Waals surface area (Å²) in [5.74, 6) is 4.58. The highest BCUT2D eigenvalue weighted by Gasteiger charge is 2.38. The van der Waals surface area contributed by atoms with Gasteiger partial charge in [-0.15, -0.1) is 0 Å². The summed E-state index contributed by atoms with van der Waals surface area (Å²) in [6.07, 6.45) is -3.24. The van der Waals surface area contributed by atoms with E-state index < -0.39 is 17.4 Å². The van der Waals surface area contributed by atoms with Crippen molar-refractivity contribution in [2.45, 2.75) is 18.3 Å². The molecule has 2 rings (SSSR count). The number of hydrogen-bond acceptors (Lipinski definition) is 1. The first kappa shape index (κ1) is 16.1. The maximum Gasteiger partial charge on any atom is 0.416 e. The van der Waals surface area contributed by atoms with Crippen molar-refractivity contribution in [2.75, 3.05) is 13.1 Å². The number of rotatable bonds is 1. The molecule has 1 atom stereocenters. The zero-order valence-corrected chi connectivity index (χ0v) is 11.6. The van der Waals surface area contributed by atoms with Crippen LogP contribution in [0.5, 0.6) is 0 Å². The Bertz CT molecular complexity index is 639. The Hall–Kier alpha value is -2.29. The molecule has 2 nitrogen and oxygen atoms in total. The second-order valence-electron chi connectivity index (χ2n) is 5.00. The fourth-order valence-corrected chi connectivity index (χ4v) is 2.12. The van der Waals surface area contributed by atoms with E-state index in [4.69, 9.17) is 0 Å². The Morgan fingerprint density at radius 1 is 1.32 bits per heavy atom. The van der Waals surface area contributed by atoms with Crippen molar-refractivity contribution >= 4 is 5.91 Å². The molecule has 0 aromatic heterocycles. The van der Waals surface area contributed by atoms with Crippen LogP contribution < -0.4 is 0 Å². The van der Waals surface area contributed by atoms with Crippen LogP contribution in [0.1, 0.15) is 17.5 Å². The summed E-state index contributed by atoms with van der Waals surface area (Å²) < 4.78 is 51.7. The van der Waals surface area contributed by atoms with Gasteiger partial charge in [-0.3, -0.25) is 4.79 Å². The van der Waals surface area contributed by atoms with Crippen LogP contribution in [0.15, 0.2) is 36.9 Å². The first-order valence-electron chi connectivity index (χ1n) is 6.54. The second-order valence-corrected chi connectivity index (χ2v) is 5.00. The van der Waals surface area contributed by atoms with Crippen LogP contribution in [0.2, 0.25) is 0 Å². The van der Waals surface area contributed by atoms with Crippen LogP contribution in [0, 0.1) is 11.8 Å². The molecule has 0 bridgehead atoms. The molecule has 0 N–H and O–H groups in total. The fourth-order valence-electron chi connectivity index (χ4n) is 2.12. The average molecular weight is 311 g/mol. The van der Waals surface area contributed by atoms with Crippen LogP contribution in [0.25, 0.3) is 0 Å². The normalized spacial score (nSPS) is 21.2. The van der Waals surface area contributed by atoms with Gasteiger partial charge in [0.2, 0.25) is 5.91 Å². The van der Waals surface area contributed by atoms with Gasteiger partial charge in [-0.25, -0.2) is 4.39 Å². The van der Waals surface area contributed by atoms with Gasteiger partial charge in [-0.05, 0) is 30.3 Å². The van der Waals surface area contributed by atoms with Crippen molar-refractivity contribution in [1.29, 1.82) is 0 Å². The van der Waals surface area contributed by atoms with Crippen molar-refractivity contribution < 1.29 is 22.4 Å². The maximum atomic E-state index is 14.4. The average Bonchev–Trinajstić information content (AvgIpc) is 2.87. The van der Waals surface area contributed by atoms with E-state index >= 15 is 0 Å². The SMILES string of the molecule is C=CC(=O)N1CCC(F)(C#Cc2ccc(C(F)(F)F)cc2)C1. The summed E-state index contributed by atoms with van der Waals surface area (Å²) >= 11 is 0. The molecular formula is C16H13F4NO. The molecule has 1 aromatic carbocycles. The van der Waals surface area contributed by atoms with Crippen LogP contribution in [-0.2, 0) is 11.0 Å². The third-order valence-corrected chi connectivity index (χ3v) is 3.35. The van der Waals surface area contributed by atoms with Gasteiger partial charge >= 0.3 is 6.18 Å². The van der Waals surface area contributed by atoms with E-state index in [2.05, 4.69) is 18.4 Å². The molecule has 1 fully saturated rings. The summed E-state index contributed by atoms with van der Waals surface area (Å²) in [7, 11) is 0. The van der Waals surface area contributed by atoms with Crippen molar-refractivity contribution in [3.05, 3.63) is 48.0 Å². The van der Waals surface area contributed by atoms with E-state index in [1.165, 1.54) is 17.0 Å². The van der Waals surface area contributed by atoms with Crippen molar-refractivity contribution in [3.63, 3.8) is 0 Å². The second kappa shape index (κ2) is 5.84. The number of amides is 1. The number of alkyl halides is 4. The monoisotopic (exact) mass is 311 g/mol. The predicted molar refractivity (Wildman–Crippen MR) is 73.6 cm³/mol. The van der Waals surface area contributed by atoms with Crippen molar-refractivity contribution in [3.8, 4) is 11.8 Å². The fraction of sp³-hybridized carbons (Fsp3) is 0.312. The topological polar surface area (TPSA) is 20.3 Å². The van der Waals surface area contributed by atoms with Gasteiger partial charge in [0, 0.05) is 18.5 Å². The molecule has 1 aliphatic rings. The highest BCUT2D eigenvalue weighted by molar-refractivity contribution is 5.87. The first-order chi connectivity index (χ1) is 10.2. The quantitative estimate of drug-likeness (QED) is 0.443. The van der Waals surface area contributed by atoms with Gasteiger partial charge in [0.25, 0.3) is 0 Å². The largest absolute Gasteiger partial charge is 0.416 e. The molecule has 0 aliphatic carbocycles. The Kier molecular flexibility index (Phi) is 4.27. The molecule has 22 heavy (non-hydrogen) atoms. The van der Waals surface area contributed by atoms with Gasteiger partial charge in [0.05, 0.1) is 12.1 Å². The Labute approximate surface area is 125 Å². The van der Waals surface area contributed by atoms with Crippen LogP contribution >= 0.6 is 0 Å². The number of hydrogen-bond donors (Lipinski definition) is 0. The maximum absolute atomic E-state index is 14.4. The summed E-state index contributed by atoms with van der Waals surface area (Å²) in [5, 5.41) is 0. The zero-order valence-electron chi connectivity index (χ0n) is 11.6.